The van der Waals surface area contributed by atoms with Crippen molar-refractivity contribution >= 4 is 41.8 Å². The molecule has 1 fully saturated rings. The van der Waals surface area contributed by atoms with Crippen LogP contribution in [0.15, 0.2) is 30.5 Å². The fraction of sp³-hybridized carbons (Fsp3) is 0.438. The van der Waals surface area contributed by atoms with Crippen LogP contribution < -0.4 is 5.32 Å². The molecule has 0 bridgehead atoms. The quantitative estimate of drug-likeness (QED) is 0.917. The number of hydrogen-bond acceptors (Lipinski definition) is 4. The van der Waals surface area contributed by atoms with Gasteiger partial charge in [-0.2, -0.15) is 0 Å². The van der Waals surface area contributed by atoms with Crippen LogP contribution in [0.25, 0.3) is 11.0 Å². The Hall–Kier alpha value is -1.43. The summed E-state index contributed by atoms with van der Waals surface area (Å²) < 4.78 is 0. The predicted molar refractivity (Wildman–Crippen MR) is 96.6 cm³/mol. The Bertz CT molecular complexity index is 645. The van der Waals surface area contributed by atoms with Gasteiger partial charge in [0.1, 0.15) is 5.69 Å². The molecule has 0 unspecified atom stereocenters. The summed E-state index contributed by atoms with van der Waals surface area (Å²) in [5.41, 5.74) is 2.04. The van der Waals surface area contributed by atoms with Gasteiger partial charge in [-0.25, -0.2) is 4.98 Å². The molecular formula is C16H22Cl2N4O. The Balaban J connectivity index is 0.00000132. The molecule has 23 heavy (non-hydrogen) atoms. The molecule has 0 spiro atoms. The van der Waals surface area contributed by atoms with Crippen molar-refractivity contribution in [2.24, 2.45) is 5.92 Å². The summed E-state index contributed by atoms with van der Waals surface area (Å²) in [6, 6.07) is 7.62. The number of amides is 1. The van der Waals surface area contributed by atoms with Gasteiger partial charge in [0.15, 0.2) is 0 Å². The van der Waals surface area contributed by atoms with Crippen LogP contribution in [0.2, 0.25) is 0 Å². The van der Waals surface area contributed by atoms with Gasteiger partial charge < -0.3 is 10.2 Å². The van der Waals surface area contributed by atoms with E-state index in [1.165, 1.54) is 0 Å². The number of benzene rings is 1. The monoisotopic (exact) mass is 356 g/mol. The van der Waals surface area contributed by atoms with Crippen LogP contribution in [-0.4, -0.2) is 47.5 Å². The van der Waals surface area contributed by atoms with E-state index < -0.39 is 0 Å². The van der Waals surface area contributed by atoms with Gasteiger partial charge in [-0.1, -0.05) is 12.1 Å². The normalized spacial score (nSPS) is 14.9. The number of nitrogens with zero attached hydrogens (tertiary/aromatic N) is 3. The molecule has 1 N–H and O–H groups in total. The first-order chi connectivity index (χ1) is 10.3. The Morgan fingerprint density at radius 1 is 1.22 bits per heavy atom. The van der Waals surface area contributed by atoms with Crippen LogP contribution in [0.4, 0.5) is 0 Å². The van der Waals surface area contributed by atoms with Gasteiger partial charge >= 0.3 is 0 Å². The average Bonchev–Trinajstić information content (AvgIpc) is 2.55. The highest BCUT2D eigenvalue weighted by Gasteiger charge is 2.24. The molecule has 2 aromatic rings. The van der Waals surface area contributed by atoms with Crippen LogP contribution in [0.3, 0.4) is 0 Å². The van der Waals surface area contributed by atoms with Gasteiger partial charge in [0.05, 0.1) is 17.2 Å². The highest BCUT2D eigenvalue weighted by Crippen LogP contribution is 2.18. The van der Waals surface area contributed by atoms with Crippen molar-refractivity contribution in [1.29, 1.82) is 0 Å². The standard InChI is InChI=1S/C16H20N4O.2ClH/c1-17-10-12-6-8-20(9-7-12)16(21)15-11-18-13-4-2-3-5-14(13)19-15;;/h2-5,11-12,17H,6-10H2,1H3;2*1H. The van der Waals surface area contributed by atoms with Crippen LogP contribution in [0.5, 0.6) is 0 Å². The number of carbonyl (C=O) groups excluding carboxylic acids is 1. The molecule has 0 saturated carbocycles. The zero-order valence-electron chi connectivity index (χ0n) is 13.1. The topological polar surface area (TPSA) is 58.1 Å². The van der Waals surface area contributed by atoms with Crippen molar-refractivity contribution in [1.82, 2.24) is 20.2 Å². The van der Waals surface area contributed by atoms with Crippen molar-refractivity contribution in [3.8, 4) is 0 Å². The van der Waals surface area contributed by atoms with E-state index in [-0.39, 0.29) is 30.7 Å². The maximum atomic E-state index is 12.5. The molecule has 5 nitrogen and oxygen atoms in total. The fourth-order valence-electron chi connectivity index (χ4n) is 2.85. The molecule has 1 amide bonds. The van der Waals surface area contributed by atoms with E-state index in [2.05, 4.69) is 15.3 Å². The van der Waals surface area contributed by atoms with E-state index in [0.29, 0.717) is 11.6 Å². The van der Waals surface area contributed by atoms with Gasteiger partial charge in [-0.05, 0) is 44.5 Å². The summed E-state index contributed by atoms with van der Waals surface area (Å²) in [4.78, 5) is 23.2. The highest BCUT2D eigenvalue weighted by atomic mass is 35.5. The molecular weight excluding hydrogens is 335 g/mol. The van der Waals surface area contributed by atoms with Crippen molar-refractivity contribution in [2.75, 3.05) is 26.7 Å². The minimum Gasteiger partial charge on any atom is -0.337 e. The molecule has 126 valence electrons. The number of fused-ring (bicyclic) bond motifs is 1. The zero-order valence-corrected chi connectivity index (χ0v) is 14.7. The molecule has 1 aliphatic heterocycles. The second kappa shape index (κ2) is 9.01. The number of likely N-dealkylation sites (tertiary alicyclic amines) is 1. The molecule has 1 aromatic carbocycles. The average molecular weight is 357 g/mol. The number of aromatic nitrogens is 2. The van der Waals surface area contributed by atoms with E-state index in [1.807, 2.05) is 36.2 Å². The Labute approximate surface area is 148 Å². The van der Waals surface area contributed by atoms with Crippen LogP contribution in [-0.2, 0) is 0 Å². The number of rotatable bonds is 3. The zero-order chi connectivity index (χ0) is 14.7. The maximum Gasteiger partial charge on any atom is 0.274 e. The minimum atomic E-state index is -0.00355. The molecule has 2 heterocycles. The second-order valence-corrected chi connectivity index (χ2v) is 5.54. The van der Waals surface area contributed by atoms with Gasteiger partial charge in [-0.15, -0.1) is 24.8 Å². The summed E-state index contributed by atoms with van der Waals surface area (Å²) in [6.45, 7) is 2.64. The largest absolute Gasteiger partial charge is 0.337 e. The highest BCUT2D eigenvalue weighted by molar-refractivity contribution is 5.93. The van der Waals surface area contributed by atoms with E-state index in [0.717, 1.165) is 43.5 Å². The molecule has 1 saturated heterocycles. The molecule has 0 radical (unpaired) electrons. The summed E-state index contributed by atoms with van der Waals surface area (Å²) in [5.74, 6) is 0.665. The lowest BCUT2D eigenvalue weighted by atomic mass is 9.96. The molecule has 7 heteroatoms. The van der Waals surface area contributed by atoms with Gasteiger partial charge in [-0.3, -0.25) is 9.78 Å². The SMILES string of the molecule is CNCC1CCN(C(=O)c2cnc3ccccc3n2)CC1.Cl.Cl. The predicted octanol–water partition coefficient (Wildman–Crippen LogP) is 2.55. The Morgan fingerprint density at radius 2 is 1.87 bits per heavy atom. The number of hydrogen-bond donors (Lipinski definition) is 1. The van der Waals surface area contributed by atoms with Gasteiger partial charge in [0.2, 0.25) is 0 Å². The summed E-state index contributed by atoms with van der Waals surface area (Å²) >= 11 is 0. The third-order valence-electron chi connectivity index (χ3n) is 4.06. The fourth-order valence-corrected chi connectivity index (χ4v) is 2.85. The first kappa shape index (κ1) is 19.6. The first-order valence-electron chi connectivity index (χ1n) is 7.43. The lowest BCUT2D eigenvalue weighted by molar-refractivity contribution is 0.0685. The van der Waals surface area contributed by atoms with E-state index >= 15 is 0 Å². The minimum absolute atomic E-state index is 0. The third-order valence-corrected chi connectivity index (χ3v) is 4.06. The molecule has 1 aliphatic rings. The van der Waals surface area contributed by atoms with Crippen molar-refractivity contribution in [3.63, 3.8) is 0 Å². The van der Waals surface area contributed by atoms with E-state index in [4.69, 9.17) is 0 Å². The van der Waals surface area contributed by atoms with Gasteiger partial charge in [0, 0.05) is 13.1 Å². The first-order valence-corrected chi connectivity index (χ1v) is 7.43. The van der Waals surface area contributed by atoms with E-state index in [9.17, 15) is 4.79 Å². The smallest absolute Gasteiger partial charge is 0.274 e. The Kier molecular flexibility index (Phi) is 7.68. The van der Waals surface area contributed by atoms with Crippen molar-refractivity contribution in [3.05, 3.63) is 36.2 Å². The summed E-state index contributed by atoms with van der Waals surface area (Å²) in [6.07, 6.45) is 3.69. The molecule has 0 aliphatic carbocycles. The Morgan fingerprint density at radius 3 is 2.52 bits per heavy atom. The number of halogens is 2. The van der Waals surface area contributed by atoms with Crippen LogP contribution in [0.1, 0.15) is 23.3 Å². The molecule has 0 atom stereocenters. The van der Waals surface area contributed by atoms with Crippen molar-refractivity contribution in [2.45, 2.75) is 12.8 Å². The van der Waals surface area contributed by atoms with Crippen LogP contribution in [0, 0.1) is 5.92 Å². The molecule has 1 aromatic heterocycles. The lowest BCUT2D eigenvalue weighted by Gasteiger charge is -2.31. The second-order valence-electron chi connectivity index (χ2n) is 5.54. The number of para-hydroxylation sites is 2. The number of nitrogens with one attached hydrogen (secondary N) is 1. The molecule has 3 rings (SSSR count). The van der Waals surface area contributed by atoms with Crippen LogP contribution >= 0.6 is 24.8 Å². The maximum absolute atomic E-state index is 12.5. The van der Waals surface area contributed by atoms with E-state index in [1.54, 1.807) is 6.20 Å². The summed E-state index contributed by atoms with van der Waals surface area (Å²) in [7, 11) is 1.97. The van der Waals surface area contributed by atoms with Gasteiger partial charge in [0.25, 0.3) is 5.91 Å². The number of carbonyl (C=O) groups is 1. The summed E-state index contributed by atoms with van der Waals surface area (Å²) in [5, 5.41) is 3.21. The lowest BCUT2D eigenvalue weighted by Crippen LogP contribution is -2.40. The number of piperidine rings is 1. The van der Waals surface area contributed by atoms with Crippen molar-refractivity contribution < 1.29 is 4.79 Å². The third kappa shape index (κ3) is 4.53.